The molecule has 9 heteroatoms. The number of hydrogen-bond donors (Lipinski definition) is 2. The number of hydrogen-bond acceptors (Lipinski definition) is 8. The zero-order chi connectivity index (χ0) is 19.6. The van der Waals surface area contributed by atoms with Crippen LogP contribution in [0.2, 0.25) is 0 Å². The van der Waals surface area contributed by atoms with Gasteiger partial charge in [-0.3, -0.25) is 4.79 Å². The molecule has 2 N–H and O–H groups in total. The second kappa shape index (κ2) is 7.04. The number of amides is 1. The lowest BCUT2D eigenvalue weighted by Crippen LogP contribution is -2.32. The van der Waals surface area contributed by atoms with E-state index in [0.29, 0.717) is 11.4 Å². The van der Waals surface area contributed by atoms with Crippen molar-refractivity contribution in [2.24, 2.45) is 4.99 Å². The number of benzodiazepines with no additional fused rings is 1. The molecule has 1 amide bonds. The van der Waals surface area contributed by atoms with Gasteiger partial charge in [0.2, 0.25) is 6.17 Å². The van der Waals surface area contributed by atoms with Crippen LogP contribution in [0.3, 0.4) is 0 Å². The smallest absolute Gasteiger partial charge is 0.317 e. The average Bonchev–Trinajstić information content (AvgIpc) is 3.42. The molecule has 0 saturated carbocycles. The first kappa shape index (κ1) is 16.9. The fourth-order valence-corrected chi connectivity index (χ4v) is 2.99. The Kier molecular flexibility index (Phi) is 4.10. The minimum absolute atomic E-state index is 0.0282. The number of aliphatic imine (C=N–C) groups is 1. The Labute approximate surface area is 164 Å². The van der Waals surface area contributed by atoms with Crippen LogP contribution in [0.15, 0.2) is 80.9 Å². The van der Waals surface area contributed by atoms with Crippen molar-refractivity contribution < 1.29 is 13.6 Å². The zero-order valence-electron chi connectivity index (χ0n) is 14.9. The van der Waals surface area contributed by atoms with Gasteiger partial charge >= 0.3 is 11.9 Å². The van der Waals surface area contributed by atoms with Crippen LogP contribution in [0.25, 0.3) is 11.8 Å². The van der Waals surface area contributed by atoms with E-state index in [4.69, 9.17) is 8.83 Å². The van der Waals surface area contributed by atoms with Crippen LogP contribution in [-0.4, -0.2) is 33.0 Å². The molecule has 142 valence electrons. The van der Waals surface area contributed by atoms with Crippen LogP contribution < -0.4 is 10.6 Å². The summed E-state index contributed by atoms with van der Waals surface area (Å²) < 4.78 is 10.6. The van der Waals surface area contributed by atoms with Gasteiger partial charge in [-0.25, -0.2) is 9.98 Å². The minimum Gasteiger partial charge on any atom is -0.441 e. The lowest BCUT2D eigenvalue weighted by Gasteiger charge is -2.11. The molecule has 5 rings (SSSR count). The minimum atomic E-state index is -0.976. The Balaban J connectivity index is 1.52. The summed E-state index contributed by atoms with van der Waals surface area (Å²) in [6.07, 6.45) is 1.90. The maximum Gasteiger partial charge on any atom is 0.317 e. The molecule has 2 aromatic heterocycles. The maximum absolute atomic E-state index is 12.8. The number of rotatable bonds is 4. The van der Waals surface area contributed by atoms with E-state index in [-0.39, 0.29) is 23.7 Å². The lowest BCUT2D eigenvalue weighted by atomic mass is 10.0. The molecule has 0 aliphatic carbocycles. The molecule has 0 saturated heterocycles. The SMILES string of the molecule is O=C1Nc2ccccc2C(c2ccccc2)=N[C@@H]1Nc1nnc(-c2ncco2)o1. The predicted molar refractivity (Wildman–Crippen MR) is 104 cm³/mol. The fourth-order valence-electron chi connectivity index (χ4n) is 2.99. The van der Waals surface area contributed by atoms with E-state index in [1.54, 1.807) is 0 Å². The molecule has 1 aliphatic rings. The van der Waals surface area contributed by atoms with Gasteiger partial charge in [-0.15, -0.1) is 5.10 Å². The number of oxazole rings is 1. The number of anilines is 2. The van der Waals surface area contributed by atoms with Gasteiger partial charge < -0.3 is 19.5 Å². The van der Waals surface area contributed by atoms with Gasteiger partial charge in [0, 0.05) is 11.1 Å². The zero-order valence-corrected chi connectivity index (χ0v) is 14.9. The van der Waals surface area contributed by atoms with Crippen molar-refractivity contribution in [1.29, 1.82) is 0 Å². The van der Waals surface area contributed by atoms with E-state index >= 15 is 0 Å². The van der Waals surface area contributed by atoms with E-state index in [1.165, 1.54) is 12.5 Å². The first-order valence-corrected chi connectivity index (χ1v) is 8.81. The molecular formula is C20H14N6O3. The second-order valence-corrected chi connectivity index (χ2v) is 6.18. The van der Waals surface area contributed by atoms with Crippen molar-refractivity contribution in [3.63, 3.8) is 0 Å². The standard InChI is InChI=1S/C20H14N6O3/c27-17-16(24-20-26-25-19(29-20)18-21-10-11-28-18)23-15(12-6-2-1-3-7-12)13-8-4-5-9-14(13)22-17/h1-11,16H,(H,22,27)(H,24,26)/t16-/m1/s1. The Bertz CT molecular complexity index is 1180. The summed E-state index contributed by atoms with van der Waals surface area (Å²) >= 11 is 0. The molecular weight excluding hydrogens is 372 g/mol. The van der Waals surface area contributed by atoms with Gasteiger partial charge in [0.1, 0.15) is 6.26 Å². The van der Waals surface area contributed by atoms with Crippen LogP contribution >= 0.6 is 0 Å². The third-order valence-electron chi connectivity index (χ3n) is 4.29. The summed E-state index contributed by atoms with van der Waals surface area (Å²) in [6, 6.07) is 17.2. The number of aromatic nitrogens is 3. The van der Waals surface area contributed by atoms with E-state index in [1.807, 2.05) is 54.6 Å². The molecule has 0 bridgehead atoms. The van der Waals surface area contributed by atoms with Crippen LogP contribution in [0, 0.1) is 0 Å². The summed E-state index contributed by atoms with van der Waals surface area (Å²) in [5, 5.41) is 13.5. The highest BCUT2D eigenvalue weighted by Gasteiger charge is 2.27. The van der Waals surface area contributed by atoms with Crippen LogP contribution in [0.4, 0.5) is 11.7 Å². The van der Waals surface area contributed by atoms with Crippen molar-refractivity contribution in [1.82, 2.24) is 15.2 Å². The largest absolute Gasteiger partial charge is 0.441 e. The quantitative estimate of drug-likeness (QED) is 0.553. The van der Waals surface area contributed by atoms with Gasteiger partial charge in [0.15, 0.2) is 0 Å². The highest BCUT2D eigenvalue weighted by atomic mass is 16.4. The molecule has 0 unspecified atom stereocenters. The van der Waals surface area contributed by atoms with Crippen molar-refractivity contribution in [2.45, 2.75) is 6.17 Å². The molecule has 4 aromatic rings. The summed E-state index contributed by atoms with van der Waals surface area (Å²) in [7, 11) is 0. The summed E-state index contributed by atoms with van der Waals surface area (Å²) in [5.41, 5.74) is 3.05. The van der Waals surface area contributed by atoms with Crippen molar-refractivity contribution >= 4 is 23.3 Å². The van der Waals surface area contributed by atoms with Gasteiger partial charge in [-0.05, 0) is 6.07 Å². The van der Waals surface area contributed by atoms with Crippen molar-refractivity contribution in [3.05, 3.63) is 78.2 Å². The van der Waals surface area contributed by atoms with E-state index in [2.05, 4.69) is 30.8 Å². The summed E-state index contributed by atoms with van der Waals surface area (Å²) in [4.78, 5) is 21.4. The molecule has 0 fully saturated rings. The molecule has 9 nitrogen and oxygen atoms in total. The summed E-state index contributed by atoms with van der Waals surface area (Å²) in [5.74, 6) is -0.0573. The monoisotopic (exact) mass is 386 g/mol. The van der Waals surface area contributed by atoms with Crippen LogP contribution in [-0.2, 0) is 4.79 Å². The predicted octanol–water partition coefficient (Wildman–Crippen LogP) is 2.95. The first-order chi connectivity index (χ1) is 14.3. The van der Waals surface area contributed by atoms with Gasteiger partial charge in [-0.1, -0.05) is 53.6 Å². The number of fused-ring (bicyclic) bond motifs is 1. The van der Waals surface area contributed by atoms with Gasteiger partial charge in [-0.2, -0.15) is 0 Å². The van der Waals surface area contributed by atoms with Gasteiger partial charge in [0.25, 0.3) is 11.8 Å². The number of para-hydroxylation sites is 1. The second-order valence-electron chi connectivity index (χ2n) is 6.18. The normalized spacial score (nSPS) is 15.8. The number of carbonyl (C=O) groups is 1. The highest BCUT2D eigenvalue weighted by molar-refractivity contribution is 6.19. The fraction of sp³-hybridized carbons (Fsp3) is 0.0500. The molecule has 3 heterocycles. The molecule has 29 heavy (non-hydrogen) atoms. The maximum atomic E-state index is 12.8. The van der Waals surface area contributed by atoms with Crippen LogP contribution in [0.5, 0.6) is 0 Å². The van der Waals surface area contributed by atoms with Crippen LogP contribution in [0.1, 0.15) is 11.1 Å². The lowest BCUT2D eigenvalue weighted by molar-refractivity contribution is -0.116. The van der Waals surface area contributed by atoms with Gasteiger partial charge in [0.05, 0.1) is 17.6 Å². The molecule has 1 atom stereocenters. The number of benzene rings is 2. The van der Waals surface area contributed by atoms with E-state index in [9.17, 15) is 4.79 Å². The topological polar surface area (TPSA) is 118 Å². The Hall–Kier alpha value is -4.27. The Morgan fingerprint density at radius 2 is 1.79 bits per heavy atom. The number of nitrogens with one attached hydrogen (secondary N) is 2. The molecule has 0 radical (unpaired) electrons. The van der Waals surface area contributed by atoms with Crippen molar-refractivity contribution in [2.75, 3.05) is 10.6 Å². The van der Waals surface area contributed by atoms with Crippen molar-refractivity contribution in [3.8, 4) is 11.8 Å². The molecule has 2 aromatic carbocycles. The first-order valence-electron chi connectivity index (χ1n) is 8.81. The number of nitrogens with zero attached hydrogens (tertiary/aromatic N) is 4. The third-order valence-corrected chi connectivity index (χ3v) is 4.29. The summed E-state index contributed by atoms with van der Waals surface area (Å²) in [6.45, 7) is 0. The Morgan fingerprint density at radius 1 is 0.966 bits per heavy atom. The molecule has 0 spiro atoms. The molecule has 1 aliphatic heterocycles. The van der Waals surface area contributed by atoms with E-state index < -0.39 is 6.17 Å². The Morgan fingerprint density at radius 3 is 2.62 bits per heavy atom. The van der Waals surface area contributed by atoms with E-state index in [0.717, 1.165) is 11.1 Å². The highest BCUT2D eigenvalue weighted by Crippen LogP contribution is 2.25. The third kappa shape index (κ3) is 3.25. The number of carbonyl (C=O) groups excluding carboxylic acids is 1. The average molecular weight is 386 g/mol.